The van der Waals surface area contributed by atoms with Gasteiger partial charge in [-0.1, -0.05) is 19.9 Å². The van der Waals surface area contributed by atoms with E-state index in [4.69, 9.17) is 9.15 Å². The van der Waals surface area contributed by atoms with E-state index in [1.807, 2.05) is 0 Å². The van der Waals surface area contributed by atoms with E-state index < -0.39 is 15.9 Å². The first kappa shape index (κ1) is 20.9. The molecule has 29 heavy (non-hydrogen) atoms. The Balaban J connectivity index is 1.96. The molecule has 1 aromatic heterocycles. The quantitative estimate of drug-likeness (QED) is 0.628. The predicted octanol–water partition coefficient (Wildman–Crippen LogP) is 4.03. The maximum absolute atomic E-state index is 12.8. The van der Waals surface area contributed by atoms with E-state index in [0.29, 0.717) is 41.1 Å². The third-order valence-electron chi connectivity index (χ3n) is 4.78. The average Bonchev–Trinajstić information content (AvgIpc) is 3.05. The van der Waals surface area contributed by atoms with Crippen LogP contribution in [0.15, 0.2) is 51.8 Å². The summed E-state index contributed by atoms with van der Waals surface area (Å²) in [6, 6.07) is 11.6. The van der Waals surface area contributed by atoms with Crippen molar-refractivity contribution in [1.82, 2.24) is 4.31 Å². The number of furan rings is 1. The van der Waals surface area contributed by atoms with Crippen LogP contribution < -0.4 is 10.1 Å². The number of nitrogens with zero attached hydrogens (tertiary/aromatic N) is 1. The molecule has 154 valence electrons. The Morgan fingerprint density at radius 1 is 1.14 bits per heavy atom. The van der Waals surface area contributed by atoms with Crippen molar-refractivity contribution < 1.29 is 22.4 Å². The van der Waals surface area contributed by atoms with Gasteiger partial charge in [0.25, 0.3) is 5.91 Å². The van der Waals surface area contributed by atoms with E-state index in [1.165, 1.54) is 10.4 Å². The van der Waals surface area contributed by atoms with Gasteiger partial charge in [-0.3, -0.25) is 4.79 Å². The van der Waals surface area contributed by atoms with Gasteiger partial charge >= 0.3 is 0 Å². The Morgan fingerprint density at radius 2 is 1.86 bits per heavy atom. The molecule has 0 aliphatic rings. The molecule has 0 aliphatic carbocycles. The highest BCUT2D eigenvalue weighted by Crippen LogP contribution is 2.29. The lowest BCUT2D eigenvalue weighted by atomic mass is 10.1. The van der Waals surface area contributed by atoms with E-state index in [2.05, 4.69) is 5.32 Å². The van der Waals surface area contributed by atoms with Crippen molar-refractivity contribution in [2.75, 3.05) is 25.5 Å². The Bertz CT molecular complexity index is 1150. The number of ether oxygens (including phenoxy) is 1. The summed E-state index contributed by atoms with van der Waals surface area (Å²) < 4.78 is 37.9. The van der Waals surface area contributed by atoms with E-state index in [0.717, 1.165) is 0 Å². The first-order valence-corrected chi connectivity index (χ1v) is 10.7. The van der Waals surface area contributed by atoms with Crippen LogP contribution in [0.3, 0.4) is 0 Å². The van der Waals surface area contributed by atoms with Gasteiger partial charge in [0.15, 0.2) is 5.76 Å². The normalized spacial score (nSPS) is 11.8. The van der Waals surface area contributed by atoms with Crippen LogP contribution in [0.2, 0.25) is 0 Å². The lowest BCUT2D eigenvalue weighted by Gasteiger charge is -2.18. The number of methoxy groups -OCH3 is 1. The molecule has 0 fully saturated rings. The molecular weight excluding hydrogens is 392 g/mol. The molecule has 0 unspecified atom stereocenters. The van der Waals surface area contributed by atoms with E-state index in [9.17, 15) is 13.2 Å². The minimum absolute atomic E-state index is 0.139. The third-order valence-corrected chi connectivity index (χ3v) is 6.83. The number of hydrogen-bond acceptors (Lipinski definition) is 5. The summed E-state index contributed by atoms with van der Waals surface area (Å²) in [7, 11) is -2.05. The monoisotopic (exact) mass is 416 g/mol. The topological polar surface area (TPSA) is 88.9 Å². The number of aryl methyl sites for hydroxylation is 1. The number of rotatable bonds is 7. The number of hydrogen-bond donors (Lipinski definition) is 1. The fraction of sp³-hybridized carbons (Fsp3) is 0.286. The molecule has 8 heteroatoms. The third kappa shape index (κ3) is 3.99. The maximum Gasteiger partial charge on any atom is 0.291 e. The van der Waals surface area contributed by atoms with Gasteiger partial charge in [-0.25, -0.2) is 8.42 Å². The van der Waals surface area contributed by atoms with Crippen molar-refractivity contribution in [1.29, 1.82) is 0 Å². The summed E-state index contributed by atoms with van der Waals surface area (Å²) in [4.78, 5) is 12.9. The highest BCUT2D eigenvalue weighted by atomic mass is 32.2. The molecule has 0 saturated heterocycles. The maximum atomic E-state index is 12.8. The van der Waals surface area contributed by atoms with Crippen LogP contribution in [0.4, 0.5) is 5.69 Å². The number of carbonyl (C=O) groups excluding carboxylic acids is 1. The van der Waals surface area contributed by atoms with Crippen molar-refractivity contribution in [3.8, 4) is 5.75 Å². The second kappa shape index (κ2) is 8.26. The van der Waals surface area contributed by atoms with E-state index >= 15 is 0 Å². The molecule has 7 nitrogen and oxygen atoms in total. The second-order valence-corrected chi connectivity index (χ2v) is 8.43. The van der Waals surface area contributed by atoms with Crippen molar-refractivity contribution in [3.63, 3.8) is 0 Å². The van der Waals surface area contributed by atoms with Crippen LogP contribution in [0.25, 0.3) is 11.0 Å². The van der Waals surface area contributed by atoms with Gasteiger partial charge in [0.05, 0.1) is 12.0 Å². The van der Waals surface area contributed by atoms with Gasteiger partial charge in [0.1, 0.15) is 11.3 Å². The molecule has 0 aliphatic heterocycles. The standard InChI is InChI=1S/C21H24N2O5S/c1-5-23(6-2)29(25,26)17-10-11-19-18(13-17)14(3)20(28-19)21(24)22-15-8-7-9-16(12-15)27-4/h7-13H,5-6H2,1-4H3,(H,22,24). The van der Waals surface area contributed by atoms with Gasteiger partial charge in [0, 0.05) is 35.8 Å². The smallest absolute Gasteiger partial charge is 0.291 e. The number of benzene rings is 2. The van der Waals surface area contributed by atoms with Gasteiger partial charge < -0.3 is 14.5 Å². The second-order valence-electron chi connectivity index (χ2n) is 6.49. The largest absolute Gasteiger partial charge is 0.497 e. The number of carbonyl (C=O) groups is 1. The molecule has 1 N–H and O–H groups in total. The van der Waals surface area contributed by atoms with Crippen LogP contribution in [0, 0.1) is 6.92 Å². The highest BCUT2D eigenvalue weighted by Gasteiger charge is 2.24. The number of sulfonamides is 1. The molecule has 1 amide bonds. The Hall–Kier alpha value is -2.84. The summed E-state index contributed by atoms with van der Waals surface area (Å²) in [6.45, 7) is 6.10. The predicted molar refractivity (Wildman–Crippen MR) is 112 cm³/mol. The van der Waals surface area contributed by atoms with Crippen molar-refractivity contribution in [2.24, 2.45) is 0 Å². The molecule has 2 aromatic carbocycles. The molecule has 3 rings (SSSR count). The van der Waals surface area contributed by atoms with Gasteiger partial charge in [-0.15, -0.1) is 0 Å². The van der Waals surface area contributed by atoms with Crippen molar-refractivity contribution >= 4 is 32.6 Å². The molecule has 0 atom stereocenters. The van der Waals surface area contributed by atoms with Crippen LogP contribution in [0.5, 0.6) is 5.75 Å². The molecule has 1 heterocycles. The number of anilines is 1. The summed E-state index contributed by atoms with van der Waals surface area (Å²) in [5.74, 6) is 0.343. The molecule has 0 spiro atoms. The molecule has 0 radical (unpaired) electrons. The zero-order chi connectivity index (χ0) is 21.2. The Kier molecular flexibility index (Phi) is 5.95. The van der Waals surface area contributed by atoms with Gasteiger partial charge in [-0.05, 0) is 37.3 Å². The highest BCUT2D eigenvalue weighted by molar-refractivity contribution is 7.89. The summed E-state index contributed by atoms with van der Waals surface area (Å²) in [6.07, 6.45) is 0. The van der Waals surface area contributed by atoms with Crippen molar-refractivity contribution in [3.05, 3.63) is 53.8 Å². The van der Waals surface area contributed by atoms with Gasteiger partial charge in [0.2, 0.25) is 10.0 Å². The Morgan fingerprint density at radius 3 is 2.52 bits per heavy atom. The summed E-state index contributed by atoms with van der Waals surface area (Å²) in [5.41, 5.74) is 1.60. The summed E-state index contributed by atoms with van der Waals surface area (Å²) >= 11 is 0. The number of nitrogens with one attached hydrogen (secondary N) is 1. The zero-order valence-corrected chi connectivity index (χ0v) is 17.7. The zero-order valence-electron chi connectivity index (χ0n) is 16.9. The van der Waals surface area contributed by atoms with E-state index in [1.54, 1.807) is 64.3 Å². The van der Waals surface area contributed by atoms with E-state index in [-0.39, 0.29) is 10.7 Å². The lowest BCUT2D eigenvalue weighted by molar-refractivity contribution is 0.0998. The summed E-state index contributed by atoms with van der Waals surface area (Å²) in [5, 5.41) is 3.37. The fourth-order valence-corrected chi connectivity index (χ4v) is 4.66. The Labute approximate surface area is 170 Å². The number of amides is 1. The van der Waals surface area contributed by atoms with Crippen LogP contribution in [0.1, 0.15) is 30.0 Å². The molecular formula is C21H24N2O5S. The van der Waals surface area contributed by atoms with Crippen LogP contribution >= 0.6 is 0 Å². The molecule has 3 aromatic rings. The van der Waals surface area contributed by atoms with Crippen LogP contribution in [-0.4, -0.2) is 38.8 Å². The lowest BCUT2D eigenvalue weighted by Crippen LogP contribution is -2.30. The minimum atomic E-state index is -3.60. The van der Waals surface area contributed by atoms with Crippen LogP contribution in [-0.2, 0) is 10.0 Å². The number of fused-ring (bicyclic) bond motifs is 1. The van der Waals surface area contributed by atoms with Crippen molar-refractivity contribution in [2.45, 2.75) is 25.7 Å². The molecule has 0 bridgehead atoms. The first-order valence-electron chi connectivity index (χ1n) is 9.30. The van der Waals surface area contributed by atoms with Gasteiger partial charge in [-0.2, -0.15) is 4.31 Å². The molecule has 0 saturated carbocycles. The SMILES string of the molecule is CCN(CC)S(=O)(=O)c1ccc2oc(C(=O)Nc3cccc(OC)c3)c(C)c2c1. The minimum Gasteiger partial charge on any atom is -0.497 e. The first-order chi connectivity index (χ1) is 13.8. The fourth-order valence-electron chi connectivity index (χ4n) is 3.18. The average molecular weight is 416 g/mol.